The summed E-state index contributed by atoms with van der Waals surface area (Å²) >= 11 is 0. The fourth-order valence-electron chi connectivity index (χ4n) is 4.24. The molecule has 3 aliphatic heterocycles. The minimum absolute atomic E-state index is 0.194. The normalized spacial score (nSPS) is 26.7. The van der Waals surface area contributed by atoms with Crippen LogP contribution in [-0.2, 0) is 0 Å². The van der Waals surface area contributed by atoms with Crippen LogP contribution >= 0.6 is 0 Å². The van der Waals surface area contributed by atoms with Gasteiger partial charge in [-0.2, -0.15) is 0 Å². The minimum Gasteiger partial charge on any atom is -0.355 e. The Hall–Kier alpha value is -2.11. The number of rotatable bonds is 4. The SMILES string of the molecule is CN=C(NCC1CN2CCN1CC2)NC(C)c1cccc2ccccc12. The fourth-order valence-corrected chi connectivity index (χ4v) is 4.24. The Kier molecular flexibility index (Phi) is 5.09. The predicted octanol–water partition coefficient (Wildman–Crippen LogP) is 2.07. The van der Waals surface area contributed by atoms with Crippen LogP contribution in [-0.4, -0.2) is 68.1 Å². The van der Waals surface area contributed by atoms with Crippen LogP contribution in [0.25, 0.3) is 10.8 Å². The van der Waals surface area contributed by atoms with E-state index < -0.39 is 0 Å². The summed E-state index contributed by atoms with van der Waals surface area (Å²) in [5.74, 6) is 0.878. The molecule has 2 N–H and O–H groups in total. The molecular weight excluding hydrogens is 322 g/mol. The first kappa shape index (κ1) is 17.3. The molecule has 2 aromatic carbocycles. The summed E-state index contributed by atoms with van der Waals surface area (Å²) in [7, 11) is 1.85. The first-order valence-electron chi connectivity index (χ1n) is 9.66. The van der Waals surface area contributed by atoms with E-state index >= 15 is 0 Å². The van der Waals surface area contributed by atoms with Gasteiger partial charge in [0, 0.05) is 52.4 Å². The molecule has 0 aliphatic carbocycles. The highest BCUT2D eigenvalue weighted by atomic mass is 15.4. The molecule has 0 aromatic heterocycles. The Morgan fingerprint density at radius 2 is 1.88 bits per heavy atom. The van der Waals surface area contributed by atoms with Crippen LogP contribution in [0.4, 0.5) is 0 Å². The van der Waals surface area contributed by atoms with Crippen LogP contribution in [0.2, 0.25) is 0 Å². The zero-order valence-corrected chi connectivity index (χ0v) is 15.8. The van der Waals surface area contributed by atoms with Gasteiger partial charge in [-0.3, -0.25) is 14.8 Å². The van der Waals surface area contributed by atoms with Gasteiger partial charge >= 0.3 is 0 Å². The zero-order valence-electron chi connectivity index (χ0n) is 15.8. The molecule has 0 radical (unpaired) electrons. The highest BCUT2D eigenvalue weighted by Crippen LogP contribution is 2.24. The minimum atomic E-state index is 0.194. The van der Waals surface area contributed by atoms with Crippen molar-refractivity contribution in [1.29, 1.82) is 0 Å². The van der Waals surface area contributed by atoms with Gasteiger partial charge in [0.25, 0.3) is 0 Å². The van der Waals surface area contributed by atoms with Gasteiger partial charge in [-0.1, -0.05) is 42.5 Å². The van der Waals surface area contributed by atoms with Crippen LogP contribution in [0.5, 0.6) is 0 Å². The summed E-state index contributed by atoms with van der Waals surface area (Å²) < 4.78 is 0. The molecule has 0 amide bonds. The Balaban J connectivity index is 1.40. The molecule has 2 unspecified atom stereocenters. The van der Waals surface area contributed by atoms with Crippen molar-refractivity contribution in [3.63, 3.8) is 0 Å². The Labute approximate surface area is 156 Å². The largest absolute Gasteiger partial charge is 0.355 e. The lowest BCUT2D eigenvalue weighted by molar-refractivity contribution is 0.0154. The second kappa shape index (κ2) is 7.64. The maximum atomic E-state index is 4.44. The van der Waals surface area contributed by atoms with Gasteiger partial charge in [-0.15, -0.1) is 0 Å². The summed E-state index contributed by atoms with van der Waals surface area (Å²) in [5.41, 5.74) is 1.30. The monoisotopic (exact) mass is 351 g/mol. The number of guanidine groups is 1. The number of hydrogen-bond acceptors (Lipinski definition) is 3. The van der Waals surface area contributed by atoms with E-state index in [0.717, 1.165) is 12.5 Å². The molecular formula is C21H29N5. The highest BCUT2D eigenvalue weighted by molar-refractivity contribution is 5.87. The molecule has 0 saturated carbocycles. The maximum absolute atomic E-state index is 4.44. The first-order valence-corrected chi connectivity index (χ1v) is 9.66. The standard InChI is InChI=1S/C21H29N5/c1-16(19-9-5-7-17-6-3-4-8-20(17)19)24-21(22-2)23-14-18-15-25-10-12-26(18)13-11-25/h3-9,16,18H,10-15H2,1-2H3,(H2,22,23,24). The van der Waals surface area contributed by atoms with E-state index in [9.17, 15) is 0 Å². The smallest absolute Gasteiger partial charge is 0.191 e. The van der Waals surface area contributed by atoms with Gasteiger partial charge in [0.15, 0.2) is 5.96 Å². The summed E-state index contributed by atoms with van der Waals surface area (Å²) in [4.78, 5) is 9.62. The molecule has 2 bridgehead atoms. The van der Waals surface area contributed by atoms with Crippen molar-refractivity contribution in [1.82, 2.24) is 20.4 Å². The van der Waals surface area contributed by atoms with E-state index in [-0.39, 0.29) is 6.04 Å². The van der Waals surface area contributed by atoms with Gasteiger partial charge in [0.05, 0.1) is 6.04 Å². The summed E-state index contributed by atoms with van der Waals surface area (Å²) in [6, 6.07) is 15.8. The van der Waals surface area contributed by atoms with Crippen molar-refractivity contribution >= 4 is 16.7 Å². The Morgan fingerprint density at radius 3 is 2.62 bits per heavy atom. The third-order valence-electron chi connectivity index (χ3n) is 5.76. The third kappa shape index (κ3) is 3.55. The average Bonchev–Trinajstić information content (AvgIpc) is 2.71. The van der Waals surface area contributed by atoms with Crippen molar-refractivity contribution in [2.45, 2.75) is 19.0 Å². The van der Waals surface area contributed by atoms with E-state index in [1.807, 2.05) is 7.05 Å². The first-order chi connectivity index (χ1) is 12.7. The molecule has 3 saturated heterocycles. The second-order valence-electron chi connectivity index (χ2n) is 7.38. The molecule has 2 aromatic rings. The topological polar surface area (TPSA) is 42.9 Å². The lowest BCUT2D eigenvalue weighted by Gasteiger charge is -2.47. The number of piperazine rings is 3. The molecule has 5 rings (SSSR count). The summed E-state index contributed by atoms with van der Waals surface area (Å²) in [5, 5.41) is 9.69. The van der Waals surface area contributed by atoms with Gasteiger partial charge in [-0.25, -0.2) is 0 Å². The van der Waals surface area contributed by atoms with Crippen molar-refractivity contribution in [2.75, 3.05) is 46.3 Å². The van der Waals surface area contributed by atoms with E-state index in [1.165, 1.54) is 49.1 Å². The Morgan fingerprint density at radius 1 is 1.12 bits per heavy atom. The molecule has 5 heteroatoms. The van der Waals surface area contributed by atoms with Gasteiger partial charge in [0.1, 0.15) is 0 Å². The van der Waals surface area contributed by atoms with Crippen molar-refractivity contribution < 1.29 is 0 Å². The number of benzene rings is 2. The van der Waals surface area contributed by atoms with Crippen LogP contribution < -0.4 is 10.6 Å². The van der Waals surface area contributed by atoms with Crippen LogP contribution in [0.3, 0.4) is 0 Å². The number of hydrogen-bond donors (Lipinski definition) is 2. The molecule has 3 fully saturated rings. The Bertz CT molecular complexity index is 774. The van der Waals surface area contributed by atoms with E-state index in [1.54, 1.807) is 0 Å². The second-order valence-corrected chi connectivity index (χ2v) is 7.38. The van der Waals surface area contributed by atoms with Gasteiger partial charge < -0.3 is 10.6 Å². The zero-order chi connectivity index (χ0) is 17.9. The van der Waals surface area contributed by atoms with Crippen LogP contribution in [0.15, 0.2) is 47.5 Å². The lowest BCUT2D eigenvalue weighted by Crippen LogP contribution is -2.63. The molecule has 3 aliphatic rings. The molecule has 0 spiro atoms. The number of nitrogens with one attached hydrogen (secondary N) is 2. The molecule has 138 valence electrons. The fraction of sp³-hybridized carbons (Fsp3) is 0.476. The number of aliphatic imine (C=N–C) groups is 1. The van der Waals surface area contributed by atoms with Gasteiger partial charge in [0.2, 0.25) is 0 Å². The average molecular weight is 351 g/mol. The number of nitrogens with zero attached hydrogens (tertiary/aromatic N) is 3. The van der Waals surface area contributed by atoms with Crippen molar-refractivity contribution in [2.24, 2.45) is 4.99 Å². The van der Waals surface area contributed by atoms with Gasteiger partial charge in [-0.05, 0) is 23.3 Å². The van der Waals surface area contributed by atoms with E-state index in [0.29, 0.717) is 6.04 Å². The van der Waals surface area contributed by atoms with Crippen molar-refractivity contribution in [3.05, 3.63) is 48.0 Å². The quantitative estimate of drug-likeness (QED) is 0.654. The molecule has 5 nitrogen and oxygen atoms in total. The highest BCUT2D eigenvalue weighted by Gasteiger charge is 2.31. The van der Waals surface area contributed by atoms with Crippen LogP contribution in [0.1, 0.15) is 18.5 Å². The van der Waals surface area contributed by atoms with E-state index in [2.05, 4.69) is 74.8 Å². The van der Waals surface area contributed by atoms with E-state index in [4.69, 9.17) is 0 Å². The summed E-state index contributed by atoms with van der Waals surface area (Å²) in [6.45, 7) is 9.16. The lowest BCUT2D eigenvalue weighted by atomic mass is 10.00. The predicted molar refractivity (Wildman–Crippen MR) is 109 cm³/mol. The molecule has 26 heavy (non-hydrogen) atoms. The van der Waals surface area contributed by atoms with Crippen LogP contribution in [0, 0.1) is 0 Å². The van der Waals surface area contributed by atoms with Crippen molar-refractivity contribution in [3.8, 4) is 0 Å². The maximum Gasteiger partial charge on any atom is 0.191 e. The molecule has 2 atom stereocenters. The molecule has 3 heterocycles. The number of fused-ring (bicyclic) bond motifs is 4. The third-order valence-corrected chi connectivity index (χ3v) is 5.76. The summed E-state index contributed by atoms with van der Waals surface area (Å²) in [6.07, 6.45) is 0.